The average Bonchev–Trinajstić information content (AvgIpc) is 2.78. The smallest absolute Gasteiger partial charge is 0.320 e. The van der Waals surface area contributed by atoms with Crippen molar-refractivity contribution in [1.29, 1.82) is 0 Å². The first kappa shape index (κ1) is 24.7. The number of carbonyl (C=O) groups is 1. The molecule has 0 fully saturated rings. The normalized spacial score (nSPS) is 13.4. The van der Waals surface area contributed by atoms with Crippen molar-refractivity contribution in [2.45, 2.75) is 58.1 Å². The van der Waals surface area contributed by atoms with Gasteiger partial charge < -0.3 is 10.1 Å². The zero-order chi connectivity index (χ0) is 23.8. The lowest BCUT2D eigenvalue weighted by atomic mass is 9.86. The van der Waals surface area contributed by atoms with E-state index in [2.05, 4.69) is 17.4 Å². The second kappa shape index (κ2) is 11.2. The maximum atomic E-state index is 15.1. The molecular weight excluding hydrogens is 413 g/mol. The quantitative estimate of drug-likeness (QED) is 0.379. The molecule has 3 aromatic carbocycles. The Hall–Kier alpha value is -2.98. The molecule has 3 aromatic rings. The van der Waals surface area contributed by atoms with Crippen molar-refractivity contribution in [3.05, 3.63) is 95.8 Å². The molecule has 0 saturated carbocycles. The van der Waals surface area contributed by atoms with Crippen LogP contribution in [-0.4, -0.2) is 24.2 Å². The van der Waals surface area contributed by atoms with Crippen LogP contribution in [0.4, 0.5) is 4.39 Å². The predicted molar refractivity (Wildman–Crippen MR) is 133 cm³/mol. The van der Waals surface area contributed by atoms with Gasteiger partial charge in [0.15, 0.2) is 0 Å². The molecule has 3 nitrogen and oxygen atoms in total. The maximum Gasteiger partial charge on any atom is 0.320 e. The molecule has 0 spiro atoms. The Kier molecular flexibility index (Phi) is 8.40. The molecule has 0 radical (unpaired) electrons. The summed E-state index contributed by atoms with van der Waals surface area (Å²) in [5.74, 6) is -0.489. The number of hydrogen-bond acceptors (Lipinski definition) is 3. The first-order valence-electron chi connectivity index (χ1n) is 11.6. The number of halogens is 1. The van der Waals surface area contributed by atoms with E-state index in [0.29, 0.717) is 5.56 Å². The maximum absolute atomic E-state index is 15.1. The summed E-state index contributed by atoms with van der Waals surface area (Å²) in [6, 6.07) is 25.3. The number of nitrogens with one attached hydrogen (secondary N) is 1. The number of aryl methyl sites for hydroxylation is 1. The van der Waals surface area contributed by atoms with Crippen LogP contribution in [0, 0.1) is 5.82 Å². The molecule has 4 heteroatoms. The predicted octanol–water partition coefficient (Wildman–Crippen LogP) is 6.53. The van der Waals surface area contributed by atoms with Gasteiger partial charge in [0.05, 0.1) is 6.54 Å². The Morgan fingerprint density at radius 3 is 2.21 bits per heavy atom. The number of esters is 1. The zero-order valence-corrected chi connectivity index (χ0v) is 20.0. The summed E-state index contributed by atoms with van der Waals surface area (Å²) in [5, 5.41) is 3.31. The van der Waals surface area contributed by atoms with Crippen LogP contribution in [0.3, 0.4) is 0 Å². The monoisotopic (exact) mass is 447 g/mol. The second-order valence-corrected chi connectivity index (χ2v) is 9.49. The van der Waals surface area contributed by atoms with E-state index in [0.717, 1.165) is 24.0 Å². The molecule has 0 aliphatic carbocycles. The Morgan fingerprint density at radius 1 is 0.970 bits per heavy atom. The largest absolute Gasteiger partial charge is 0.459 e. The summed E-state index contributed by atoms with van der Waals surface area (Å²) < 4.78 is 20.6. The SMILES string of the molecule is CC(NCC(=O)OC(C)(C)C)C(CCc1ccccc1)c1ccc(-c2ccccc2)c(F)c1. The van der Waals surface area contributed by atoms with Gasteiger partial charge in [-0.05, 0) is 69.2 Å². The van der Waals surface area contributed by atoms with E-state index in [1.165, 1.54) is 5.56 Å². The highest BCUT2D eigenvalue weighted by Crippen LogP contribution is 2.30. The highest BCUT2D eigenvalue weighted by atomic mass is 19.1. The number of rotatable bonds is 9. The standard InChI is InChI=1S/C29H34FNO2/c1-21(31-20-28(32)33-29(2,3)4)25(17-15-22-11-7-5-8-12-22)24-16-18-26(27(30)19-24)23-13-9-6-10-14-23/h5-14,16,18-19,21,25,31H,15,17,20H2,1-4H3. The van der Waals surface area contributed by atoms with Gasteiger partial charge in [-0.2, -0.15) is 0 Å². The van der Waals surface area contributed by atoms with Gasteiger partial charge in [0, 0.05) is 11.6 Å². The van der Waals surface area contributed by atoms with E-state index >= 15 is 4.39 Å². The molecule has 0 saturated heterocycles. The fourth-order valence-electron chi connectivity index (χ4n) is 4.05. The molecule has 0 amide bonds. The molecule has 0 heterocycles. The van der Waals surface area contributed by atoms with Crippen LogP contribution in [-0.2, 0) is 16.0 Å². The topological polar surface area (TPSA) is 38.3 Å². The summed E-state index contributed by atoms with van der Waals surface area (Å²) in [6.45, 7) is 7.73. The van der Waals surface area contributed by atoms with Crippen molar-refractivity contribution in [3.8, 4) is 11.1 Å². The number of benzene rings is 3. The second-order valence-electron chi connectivity index (χ2n) is 9.49. The third-order valence-corrected chi connectivity index (χ3v) is 5.68. The minimum absolute atomic E-state index is 0.0342. The Bertz CT molecular complexity index is 1030. The summed E-state index contributed by atoms with van der Waals surface area (Å²) in [6.07, 6.45) is 1.70. The summed E-state index contributed by atoms with van der Waals surface area (Å²) >= 11 is 0. The van der Waals surface area contributed by atoms with Gasteiger partial charge in [0.1, 0.15) is 11.4 Å². The minimum Gasteiger partial charge on any atom is -0.459 e. The van der Waals surface area contributed by atoms with Crippen molar-refractivity contribution < 1.29 is 13.9 Å². The van der Waals surface area contributed by atoms with Crippen LogP contribution in [0.5, 0.6) is 0 Å². The minimum atomic E-state index is -0.523. The molecular formula is C29H34FNO2. The molecule has 33 heavy (non-hydrogen) atoms. The number of hydrogen-bond donors (Lipinski definition) is 1. The Morgan fingerprint density at radius 2 is 1.61 bits per heavy atom. The first-order valence-corrected chi connectivity index (χ1v) is 11.6. The van der Waals surface area contributed by atoms with Crippen molar-refractivity contribution in [1.82, 2.24) is 5.32 Å². The van der Waals surface area contributed by atoms with Crippen molar-refractivity contribution in [2.75, 3.05) is 6.54 Å². The van der Waals surface area contributed by atoms with E-state index in [1.54, 1.807) is 6.07 Å². The highest BCUT2D eigenvalue weighted by molar-refractivity contribution is 5.72. The molecule has 0 aromatic heterocycles. The molecule has 2 unspecified atom stereocenters. The van der Waals surface area contributed by atoms with Gasteiger partial charge in [-0.3, -0.25) is 4.79 Å². The molecule has 3 rings (SSSR count). The van der Waals surface area contributed by atoms with Crippen LogP contribution in [0.25, 0.3) is 11.1 Å². The van der Waals surface area contributed by atoms with Crippen molar-refractivity contribution in [3.63, 3.8) is 0 Å². The van der Waals surface area contributed by atoms with Gasteiger partial charge in [-0.15, -0.1) is 0 Å². The third-order valence-electron chi connectivity index (χ3n) is 5.68. The fraction of sp³-hybridized carbons (Fsp3) is 0.345. The van der Waals surface area contributed by atoms with Gasteiger partial charge in [-0.1, -0.05) is 72.8 Å². The summed E-state index contributed by atoms with van der Waals surface area (Å²) in [7, 11) is 0. The summed E-state index contributed by atoms with van der Waals surface area (Å²) in [5.41, 5.74) is 3.09. The van der Waals surface area contributed by atoms with Gasteiger partial charge in [0.25, 0.3) is 0 Å². The lowest BCUT2D eigenvalue weighted by Crippen LogP contribution is -2.39. The van der Waals surface area contributed by atoms with E-state index in [-0.39, 0.29) is 30.3 Å². The van der Waals surface area contributed by atoms with Crippen LogP contribution in [0.1, 0.15) is 51.2 Å². The van der Waals surface area contributed by atoms with E-state index < -0.39 is 5.60 Å². The van der Waals surface area contributed by atoms with E-state index in [4.69, 9.17) is 4.74 Å². The lowest BCUT2D eigenvalue weighted by Gasteiger charge is -2.27. The average molecular weight is 448 g/mol. The van der Waals surface area contributed by atoms with Crippen molar-refractivity contribution >= 4 is 5.97 Å². The molecule has 0 aliphatic rings. The molecule has 174 valence electrons. The van der Waals surface area contributed by atoms with E-state index in [9.17, 15) is 4.79 Å². The summed E-state index contributed by atoms with van der Waals surface area (Å²) in [4.78, 5) is 12.2. The zero-order valence-electron chi connectivity index (χ0n) is 20.0. The van der Waals surface area contributed by atoms with Crippen molar-refractivity contribution in [2.24, 2.45) is 0 Å². The highest BCUT2D eigenvalue weighted by Gasteiger charge is 2.23. The molecule has 0 bridgehead atoms. The molecule has 2 atom stereocenters. The lowest BCUT2D eigenvalue weighted by molar-refractivity contribution is -0.153. The van der Waals surface area contributed by atoms with Crippen LogP contribution < -0.4 is 5.32 Å². The van der Waals surface area contributed by atoms with E-state index in [1.807, 2.05) is 88.4 Å². The van der Waals surface area contributed by atoms with Crippen LogP contribution >= 0.6 is 0 Å². The Labute approximate surface area is 197 Å². The Balaban J connectivity index is 1.78. The molecule has 0 aliphatic heterocycles. The van der Waals surface area contributed by atoms with Gasteiger partial charge in [-0.25, -0.2) is 4.39 Å². The molecule has 1 N–H and O–H groups in total. The fourth-order valence-corrected chi connectivity index (χ4v) is 4.05. The first-order chi connectivity index (χ1) is 15.7. The third kappa shape index (κ3) is 7.54. The van der Waals surface area contributed by atoms with Gasteiger partial charge in [0.2, 0.25) is 0 Å². The van der Waals surface area contributed by atoms with Gasteiger partial charge >= 0.3 is 5.97 Å². The number of carbonyl (C=O) groups excluding carboxylic acids is 1. The van der Waals surface area contributed by atoms with Crippen LogP contribution in [0.2, 0.25) is 0 Å². The number of ether oxygens (including phenoxy) is 1. The van der Waals surface area contributed by atoms with Crippen LogP contribution in [0.15, 0.2) is 78.9 Å².